The Hall–Kier alpha value is -1.62. The van der Waals surface area contributed by atoms with E-state index in [4.69, 9.17) is 9.47 Å². The molecule has 0 bridgehead atoms. The van der Waals surface area contributed by atoms with Crippen LogP contribution in [0.4, 0.5) is 0 Å². The van der Waals surface area contributed by atoms with Crippen molar-refractivity contribution in [3.63, 3.8) is 0 Å². The zero-order valence-electron chi connectivity index (χ0n) is 12.1. The summed E-state index contributed by atoms with van der Waals surface area (Å²) in [6.07, 6.45) is 3.27. The monoisotopic (exact) mass is 348 g/mol. The van der Waals surface area contributed by atoms with E-state index < -0.39 is 0 Å². The highest BCUT2D eigenvalue weighted by atomic mass is 79.9. The first-order valence-electron chi connectivity index (χ1n) is 7.09. The van der Waals surface area contributed by atoms with Crippen molar-refractivity contribution in [3.05, 3.63) is 40.3 Å². The van der Waals surface area contributed by atoms with E-state index in [2.05, 4.69) is 32.8 Å². The third-order valence-corrected chi connectivity index (χ3v) is 3.89. The maximum absolute atomic E-state index is 5.89. The second kappa shape index (κ2) is 6.02. The Morgan fingerprint density at radius 3 is 2.67 bits per heavy atom. The molecule has 1 aromatic carbocycles. The number of ether oxygens (including phenoxy) is 2. The van der Waals surface area contributed by atoms with Gasteiger partial charge in [0.15, 0.2) is 11.5 Å². The van der Waals surface area contributed by atoms with Crippen LogP contribution in [0, 0.1) is 0 Å². The minimum absolute atomic E-state index is 0.481. The Bertz CT molecular complexity index is 657. The van der Waals surface area contributed by atoms with Crippen LogP contribution in [0.2, 0.25) is 0 Å². The maximum atomic E-state index is 5.89. The molecule has 1 aliphatic rings. The molecule has 0 N–H and O–H groups in total. The fraction of sp³-hybridized carbons (Fsp3) is 0.375. The summed E-state index contributed by atoms with van der Waals surface area (Å²) >= 11 is 3.42. The molecule has 1 aromatic heterocycles. The summed E-state index contributed by atoms with van der Waals surface area (Å²) in [7, 11) is 1.65. The smallest absolute Gasteiger partial charge is 0.223 e. The van der Waals surface area contributed by atoms with Crippen LogP contribution in [-0.2, 0) is 6.42 Å². The first-order valence-corrected chi connectivity index (χ1v) is 7.88. The normalized spacial score (nSPS) is 14.0. The minimum atomic E-state index is 0.481. The SMILES string of the molecule is CCc1ccc(Oc2cc(Br)nc(C3CC3)n2)c(OC)c1. The van der Waals surface area contributed by atoms with Crippen LogP contribution in [0.15, 0.2) is 28.9 Å². The molecule has 110 valence electrons. The number of hydrogen-bond donors (Lipinski definition) is 0. The van der Waals surface area contributed by atoms with Crippen LogP contribution in [-0.4, -0.2) is 17.1 Å². The number of nitrogens with zero attached hydrogens (tertiary/aromatic N) is 2. The Labute approximate surface area is 132 Å². The van der Waals surface area contributed by atoms with Gasteiger partial charge in [0, 0.05) is 12.0 Å². The molecule has 1 heterocycles. The Morgan fingerprint density at radius 1 is 1.19 bits per heavy atom. The van der Waals surface area contributed by atoms with Gasteiger partial charge < -0.3 is 9.47 Å². The molecule has 0 radical (unpaired) electrons. The van der Waals surface area contributed by atoms with Gasteiger partial charge in [0.2, 0.25) is 5.88 Å². The lowest BCUT2D eigenvalue weighted by molar-refractivity contribution is 0.372. The van der Waals surface area contributed by atoms with Gasteiger partial charge in [-0.2, -0.15) is 4.98 Å². The van der Waals surface area contributed by atoms with Crippen molar-refractivity contribution in [2.45, 2.75) is 32.1 Å². The number of hydrogen-bond acceptors (Lipinski definition) is 4. The van der Waals surface area contributed by atoms with Gasteiger partial charge in [-0.3, -0.25) is 0 Å². The predicted octanol–water partition coefficient (Wildman–Crippen LogP) is 4.48. The maximum Gasteiger partial charge on any atom is 0.223 e. The number of aryl methyl sites for hydroxylation is 1. The van der Waals surface area contributed by atoms with E-state index in [0.29, 0.717) is 17.5 Å². The van der Waals surface area contributed by atoms with Crippen molar-refractivity contribution < 1.29 is 9.47 Å². The van der Waals surface area contributed by atoms with Crippen LogP contribution in [0.1, 0.15) is 37.1 Å². The fourth-order valence-electron chi connectivity index (χ4n) is 2.12. The molecule has 0 aliphatic heterocycles. The van der Waals surface area contributed by atoms with Crippen molar-refractivity contribution in [3.8, 4) is 17.4 Å². The molecule has 1 fully saturated rings. The summed E-state index contributed by atoms with van der Waals surface area (Å²) in [4.78, 5) is 8.89. The van der Waals surface area contributed by atoms with Crippen LogP contribution in [0.5, 0.6) is 17.4 Å². The predicted molar refractivity (Wildman–Crippen MR) is 84.2 cm³/mol. The van der Waals surface area contributed by atoms with Crippen molar-refractivity contribution >= 4 is 15.9 Å². The molecule has 0 saturated heterocycles. The Morgan fingerprint density at radius 2 is 2.00 bits per heavy atom. The Kier molecular flexibility index (Phi) is 4.10. The quantitative estimate of drug-likeness (QED) is 0.747. The van der Waals surface area contributed by atoms with Gasteiger partial charge in [-0.25, -0.2) is 4.98 Å². The van der Waals surface area contributed by atoms with Gasteiger partial charge in [-0.05, 0) is 52.9 Å². The van der Waals surface area contributed by atoms with Crippen molar-refractivity contribution in [2.24, 2.45) is 0 Å². The lowest BCUT2D eigenvalue weighted by atomic mass is 10.1. The van der Waals surface area contributed by atoms with E-state index in [9.17, 15) is 0 Å². The third-order valence-electron chi connectivity index (χ3n) is 3.48. The first kappa shape index (κ1) is 14.3. The summed E-state index contributed by atoms with van der Waals surface area (Å²) in [6, 6.07) is 7.73. The zero-order valence-corrected chi connectivity index (χ0v) is 13.7. The van der Waals surface area contributed by atoms with Gasteiger partial charge in [-0.15, -0.1) is 0 Å². The lowest BCUT2D eigenvalue weighted by Crippen LogP contribution is -1.98. The molecule has 0 atom stereocenters. The van der Waals surface area contributed by atoms with E-state index >= 15 is 0 Å². The summed E-state index contributed by atoms with van der Waals surface area (Å²) in [6.45, 7) is 2.11. The topological polar surface area (TPSA) is 44.2 Å². The van der Waals surface area contributed by atoms with E-state index in [0.717, 1.165) is 35.4 Å². The molecule has 2 aromatic rings. The third kappa shape index (κ3) is 3.35. The molecule has 0 amide bonds. The lowest BCUT2D eigenvalue weighted by Gasteiger charge is -2.11. The number of benzene rings is 1. The second-order valence-electron chi connectivity index (χ2n) is 5.10. The van der Waals surface area contributed by atoms with Gasteiger partial charge in [0.05, 0.1) is 7.11 Å². The highest BCUT2D eigenvalue weighted by molar-refractivity contribution is 9.10. The van der Waals surface area contributed by atoms with Crippen LogP contribution < -0.4 is 9.47 Å². The second-order valence-corrected chi connectivity index (χ2v) is 5.91. The highest BCUT2D eigenvalue weighted by Crippen LogP contribution is 2.40. The van der Waals surface area contributed by atoms with Crippen molar-refractivity contribution in [1.82, 2.24) is 9.97 Å². The summed E-state index contributed by atoms with van der Waals surface area (Å²) in [5.41, 5.74) is 1.21. The van der Waals surface area contributed by atoms with Crippen LogP contribution in [0.25, 0.3) is 0 Å². The molecule has 3 rings (SSSR count). The summed E-state index contributed by atoms with van der Waals surface area (Å²) in [5.74, 6) is 3.26. The van der Waals surface area contributed by atoms with Crippen LogP contribution in [0.3, 0.4) is 0 Å². The molecule has 5 heteroatoms. The van der Waals surface area contributed by atoms with Gasteiger partial charge in [0.25, 0.3) is 0 Å². The van der Waals surface area contributed by atoms with Crippen LogP contribution >= 0.6 is 15.9 Å². The average molecular weight is 349 g/mol. The molecular formula is C16H17BrN2O2. The molecular weight excluding hydrogens is 332 g/mol. The van der Waals surface area contributed by atoms with E-state index in [1.165, 1.54) is 5.56 Å². The van der Waals surface area contributed by atoms with Gasteiger partial charge in [0.1, 0.15) is 10.4 Å². The zero-order chi connectivity index (χ0) is 14.8. The summed E-state index contributed by atoms with van der Waals surface area (Å²) in [5, 5.41) is 0. The highest BCUT2D eigenvalue weighted by Gasteiger charge is 2.27. The van der Waals surface area contributed by atoms with E-state index in [-0.39, 0.29) is 0 Å². The van der Waals surface area contributed by atoms with Crippen molar-refractivity contribution in [1.29, 1.82) is 0 Å². The number of halogens is 1. The van der Waals surface area contributed by atoms with E-state index in [1.807, 2.05) is 18.2 Å². The molecule has 0 spiro atoms. The summed E-state index contributed by atoms with van der Waals surface area (Å²) < 4.78 is 12.0. The molecule has 1 saturated carbocycles. The fourth-order valence-corrected chi connectivity index (χ4v) is 2.50. The van der Waals surface area contributed by atoms with Gasteiger partial charge >= 0.3 is 0 Å². The largest absolute Gasteiger partial charge is 0.493 e. The average Bonchev–Trinajstić information content (AvgIpc) is 3.31. The number of rotatable bonds is 5. The van der Waals surface area contributed by atoms with E-state index in [1.54, 1.807) is 13.2 Å². The molecule has 21 heavy (non-hydrogen) atoms. The Balaban J connectivity index is 1.89. The first-order chi connectivity index (χ1) is 10.2. The standard InChI is InChI=1S/C16H17BrN2O2/c1-3-10-4-7-12(13(8-10)20-2)21-15-9-14(17)18-16(19-15)11-5-6-11/h4,7-9,11H,3,5-6H2,1-2H3. The van der Waals surface area contributed by atoms with Gasteiger partial charge in [-0.1, -0.05) is 13.0 Å². The number of aromatic nitrogens is 2. The molecule has 1 aliphatic carbocycles. The minimum Gasteiger partial charge on any atom is -0.493 e. The number of methoxy groups -OCH3 is 1. The molecule has 0 unspecified atom stereocenters. The molecule has 4 nitrogen and oxygen atoms in total. The van der Waals surface area contributed by atoms with Crippen molar-refractivity contribution in [2.75, 3.05) is 7.11 Å².